The lowest BCUT2D eigenvalue weighted by Gasteiger charge is -2.16. The van der Waals surface area contributed by atoms with Crippen LogP contribution >= 0.6 is 0 Å². The molecule has 3 N–H and O–H groups in total. The van der Waals surface area contributed by atoms with Crippen LogP contribution in [0.2, 0.25) is 0 Å². The molecule has 6 nitrogen and oxygen atoms in total. The van der Waals surface area contributed by atoms with E-state index in [-0.39, 0.29) is 24.7 Å². The maximum atomic E-state index is 13.0. The van der Waals surface area contributed by atoms with Crippen molar-refractivity contribution >= 4 is 23.2 Å². The molecule has 0 aliphatic carbocycles. The summed E-state index contributed by atoms with van der Waals surface area (Å²) in [6.07, 6.45) is -4.57. The van der Waals surface area contributed by atoms with Gasteiger partial charge in [0, 0.05) is 5.69 Å². The lowest BCUT2D eigenvalue weighted by Crippen LogP contribution is -3.11. The van der Waals surface area contributed by atoms with Crippen molar-refractivity contribution in [2.45, 2.75) is 13.1 Å². The van der Waals surface area contributed by atoms with Gasteiger partial charge in [0.2, 0.25) is 0 Å². The van der Waals surface area contributed by atoms with Crippen molar-refractivity contribution in [1.82, 2.24) is 0 Å². The highest BCUT2D eigenvalue weighted by atomic mass is 19.4. The predicted molar refractivity (Wildman–Crippen MR) is 103 cm³/mol. The molecule has 0 saturated heterocycles. The van der Waals surface area contributed by atoms with E-state index in [1.807, 2.05) is 6.92 Å². The fraction of sp³-hybridized carbons (Fsp3) is 0.300. The molecule has 0 fully saturated rings. The van der Waals surface area contributed by atoms with Crippen LogP contribution < -0.4 is 20.3 Å². The number of rotatable bonds is 8. The van der Waals surface area contributed by atoms with Gasteiger partial charge in [-0.3, -0.25) is 9.59 Å². The molecule has 0 aliphatic rings. The van der Waals surface area contributed by atoms with Gasteiger partial charge in [0.05, 0.1) is 24.9 Å². The first kappa shape index (κ1) is 22.2. The number of anilines is 2. The zero-order valence-electron chi connectivity index (χ0n) is 16.1. The summed E-state index contributed by atoms with van der Waals surface area (Å²) in [7, 11) is 1.60. The number of likely N-dealkylation sites (N-methyl/N-ethyl adjacent to an activating group) is 1. The van der Waals surface area contributed by atoms with Crippen LogP contribution in [0.15, 0.2) is 48.5 Å². The zero-order chi connectivity index (χ0) is 21.4. The summed E-state index contributed by atoms with van der Waals surface area (Å²) in [5, 5.41) is 4.96. The molecule has 2 amide bonds. The molecule has 0 aromatic heterocycles. The fourth-order valence-corrected chi connectivity index (χ4v) is 2.65. The molecule has 9 heteroatoms. The van der Waals surface area contributed by atoms with Crippen LogP contribution in [0, 0.1) is 0 Å². The molecular formula is C20H23F3N3O3+. The number of nitrogens with one attached hydrogen (secondary N) is 3. The summed E-state index contributed by atoms with van der Waals surface area (Å²) in [6, 6.07) is 11.6. The first-order valence-corrected chi connectivity index (χ1v) is 8.99. The first-order valence-electron chi connectivity index (χ1n) is 8.99. The molecule has 1 atom stereocenters. The average molecular weight is 410 g/mol. The minimum absolute atomic E-state index is 0.0262. The number of alkyl halides is 3. The maximum Gasteiger partial charge on any atom is 0.418 e. The van der Waals surface area contributed by atoms with Gasteiger partial charge in [0.25, 0.3) is 11.8 Å². The quantitative estimate of drug-likeness (QED) is 0.625. The molecule has 156 valence electrons. The highest BCUT2D eigenvalue weighted by molar-refractivity contribution is 5.93. The Bertz CT molecular complexity index is 839. The number of quaternary nitrogens is 1. The summed E-state index contributed by atoms with van der Waals surface area (Å²) < 4.78 is 44.3. The van der Waals surface area contributed by atoms with Crippen molar-refractivity contribution in [1.29, 1.82) is 0 Å². The summed E-state index contributed by atoms with van der Waals surface area (Å²) in [4.78, 5) is 24.7. The number of hydrogen-bond donors (Lipinski definition) is 3. The minimum Gasteiger partial charge on any atom is -0.494 e. The molecule has 0 bridgehead atoms. The Labute approximate surface area is 166 Å². The van der Waals surface area contributed by atoms with Gasteiger partial charge in [-0.15, -0.1) is 0 Å². The van der Waals surface area contributed by atoms with E-state index in [0.717, 1.165) is 6.07 Å². The molecule has 0 heterocycles. The zero-order valence-corrected chi connectivity index (χ0v) is 16.1. The predicted octanol–water partition coefficient (Wildman–Crippen LogP) is 2.20. The van der Waals surface area contributed by atoms with E-state index in [1.165, 1.54) is 18.2 Å². The number of para-hydroxylation sites is 1. The van der Waals surface area contributed by atoms with Crippen molar-refractivity contribution in [2.75, 3.05) is 37.4 Å². The second kappa shape index (κ2) is 9.92. The number of amides is 2. The van der Waals surface area contributed by atoms with Crippen LogP contribution in [0.25, 0.3) is 0 Å². The Balaban J connectivity index is 1.86. The number of ether oxygens (including phenoxy) is 1. The largest absolute Gasteiger partial charge is 0.494 e. The number of carbonyl (C=O) groups is 2. The molecule has 1 unspecified atom stereocenters. The molecule has 0 aliphatic heterocycles. The molecule has 0 spiro atoms. The molecule has 2 rings (SSSR count). The van der Waals surface area contributed by atoms with Gasteiger partial charge in [-0.25, -0.2) is 0 Å². The normalized spacial score (nSPS) is 12.2. The van der Waals surface area contributed by atoms with E-state index in [4.69, 9.17) is 4.74 Å². The number of halogens is 3. The summed E-state index contributed by atoms with van der Waals surface area (Å²) >= 11 is 0. The lowest BCUT2D eigenvalue weighted by atomic mass is 10.1. The van der Waals surface area contributed by atoms with Gasteiger partial charge in [0.15, 0.2) is 13.1 Å². The van der Waals surface area contributed by atoms with Crippen LogP contribution in [0.3, 0.4) is 0 Å². The topological polar surface area (TPSA) is 71.9 Å². The molecule has 0 radical (unpaired) electrons. The Hall–Kier alpha value is -3.07. The van der Waals surface area contributed by atoms with Crippen LogP contribution in [0.5, 0.6) is 5.75 Å². The number of carbonyl (C=O) groups excluding carboxylic acids is 2. The van der Waals surface area contributed by atoms with Gasteiger partial charge in [-0.05, 0) is 43.3 Å². The first-order chi connectivity index (χ1) is 13.7. The standard InChI is InChI=1S/C20H22F3N3O3/c1-3-29-15-10-8-14(9-11-15)24-18(27)12-26(2)13-19(28)25-17-7-5-4-6-16(17)20(21,22)23/h4-11H,3,12-13H2,1-2H3,(H,24,27)(H,25,28)/p+1. The van der Waals surface area contributed by atoms with E-state index in [0.29, 0.717) is 22.9 Å². The van der Waals surface area contributed by atoms with Gasteiger partial charge in [0.1, 0.15) is 5.75 Å². The van der Waals surface area contributed by atoms with Crippen molar-refractivity contribution in [3.63, 3.8) is 0 Å². The van der Waals surface area contributed by atoms with Crippen LogP contribution in [-0.4, -0.2) is 38.6 Å². The Morgan fingerprint density at radius 2 is 1.55 bits per heavy atom. The van der Waals surface area contributed by atoms with E-state index >= 15 is 0 Å². The third kappa shape index (κ3) is 7.11. The van der Waals surface area contributed by atoms with Crippen LogP contribution in [0.4, 0.5) is 24.5 Å². The molecule has 0 saturated carbocycles. The number of benzene rings is 2. The van der Waals surface area contributed by atoms with Gasteiger partial charge in [-0.1, -0.05) is 12.1 Å². The van der Waals surface area contributed by atoms with Crippen molar-refractivity contribution in [3.05, 3.63) is 54.1 Å². The highest BCUT2D eigenvalue weighted by Crippen LogP contribution is 2.34. The smallest absolute Gasteiger partial charge is 0.418 e. The van der Waals surface area contributed by atoms with Crippen molar-refractivity contribution < 1.29 is 32.4 Å². The van der Waals surface area contributed by atoms with Crippen molar-refractivity contribution in [2.24, 2.45) is 0 Å². The number of hydrogen-bond acceptors (Lipinski definition) is 3. The Kier molecular flexibility index (Phi) is 7.60. The van der Waals surface area contributed by atoms with E-state index in [1.54, 1.807) is 31.3 Å². The fourth-order valence-electron chi connectivity index (χ4n) is 2.65. The summed E-state index contributed by atoms with van der Waals surface area (Å²) in [5.74, 6) is -0.257. The minimum atomic E-state index is -4.57. The van der Waals surface area contributed by atoms with Crippen LogP contribution in [-0.2, 0) is 15.8 Å². The lowest BCUT2D eigenvalue weighted by molar-refractivity contribution is -0.862. The highest BCUT2D eigenvalue weighted by Gasteiger charge is 2.33. The maximum absolute atomic E-state index is 13.0. The third-order valence-electron chi connectivity index (χ3n) is 3.88. The molecule has 2 aromatic carbocycles. The molecule has 2 aromatic rings. The Morgan fingerprint density at radius 3 is 2.14 bits per heavy atom. The van der Waals surface area contributed by atoms with Gasteiger partial charge < -0.3 is 20.3 Å². The monoisotopic (exact) mass is 410 g/mol. The van der Waals surface area contributed by atoms with E-state index in [9.17, 15) is 22.8 Å². The molecule has 29 heavy (non-hydrogen) atoms. The summed E-state index contributed by atoms with van der Waals surface area (Å²) in [6.45, 7) is 2.21. The van der Waals surface area contributed by atoms with Crippen LogP contribution in [0.1, 0.15) is 12.5 Å². The van der Waals surface area contributed by atoms with E-state index in [2.05, 4.69) is 10.6 Å². The summed E-state index contributed by atoms with van der Waals surface area (Å²) in [5.41, 5.74) is -0.648. The third-order valence-corrected chi connectivity index (χ3v) is 3.88. The van der Waals surface area contributed by atoms with Gasteiger partial charge in [-0.2, -0.15) is 13.2 Å². The van der Waals surface area contributed by atoms with Crippen molar-refractivity contribution in [3.8, 4) is 5.75 Å². The Morgan fingerprint density at radius 1 is 0.966 bits per heavy atom. The molecular weight excluding hydrogens is 387 g/mol. The van der Waals surface area contributed by atoms with E-state index < -0.39 is 17.6 Å². The SMILES string of the molecule is CCOc1ccc(NC(=O)C[NH+](C)CC(=O)Nc2ccccc2C(F)(F)F)cc1. The second-order valence-electron chi connectivity index (χ2n) is 6.41. The average Bonchev–Trinajstić information content (AvgIpc) is 2.62. The van der Waals surface area contributed by atoms with Gasteiger partial charge >= 0.3 is 6.18 Å². The second-order valence-corrected chi connectivity index (χ2v) is 6.41.